The van der Waals surface area contributed by atoms with Crippen LogP contribution < -0.4 is 5.48 Å². The molecule has 0 aromatic heterocycles. The molecule has 0 spiro atoms. The van der Waals surface area contributed by atoms with Crippen LogP contribution in [0.4, 0.5) is 0 Å². The van der Waals surface area contributed by atoms with Crippen LogP contribution in [-0.2, 0) is 14.4 Å². The normalized spacial score (nSPS) is 9.20. The van der Waals surface area contributed by atoms with Crippen molar-refractivity contribution in [1.82, 2.24) is 5.48 Å². The number of nitrogens with one attached hydrogen (secondary N) is 1. The van der Waals surface area contributed by atoms with E-state index in [-0.39, 0.29) is 11.8 Å². The molecule has 4 heteroatoms. The maximum Gasteiger partial charge on any atom is 0.329 e. The first-order valence-corrected chi connectivity index (χ1v) is 3.01. The van der Waals surface area contributed by atoms with E-state index in [2.05, 4.69) is 4.84 Å². The summed E-state index contributed by atoms with van der Waals surface area (Å²) < 4.78 is 0. The van der Waals surface area contributed by atoms with Crippen molar-refractivity contribution in [2.24, 2.45) is 5.92 Å². The van der Waals surface area contributed by atoms with E-state index in [1.165, 1.54) is 6.92 Å². The van der Waals surface area contributed by atoms with E-state index in [0.29, 0.717) is 0 Å². The molecular weight excluding hydrogens is 134 g/mol. The van der Waals surface area contributed by atoms with Gasteiger partial charge in [0.05, 0.1) is 0 Å². The molecule has 0 unspecified atom stereocenters. The zero-order valence-corrected chi connectivity index (χ0v) is 6.30. The monoisotopic (exact) mass is 145 g/mol. The molecule has 0 atom stereocenters. The van der Waals surface area contributed by atoms with Gasteiger partial charge in [0, 0.05) is 12.8 Å². The van der Waals surface area contributed by atoms with Gasteiger partial charge in [0.15, 0.2) is 0 Å². The van der Waals surface area contributed by atoms with E-state index in [1.54, 1.807) is 13.8 Å². The van der Waals surface area contributed by atoms with Gasteiger partial charge in [-0.05, 0) is 0 Å². The number of hydrogen-bond donors (Lipinski definition) is 1. The van der Waals surface area contributed by atoms with Crippen molar-refractivity contribution in [3.8, 4) is 0 Å². The second-order valence-corrected chi connectivity index (χ2v) is 2.21. The van der Waals surface area contributed by atoms with Crippen LogP contribution in [0.15, 0.2) is 0 Å². The molecule has 4 nitrogen and oxygen atoms in total. The summed E-state index contributed by atoms with van der Waals surface area (Å²) >= 11 is 0. The van der Waals surface area contributed by atoms with E-state index >= 15 is 0 Å². The van der Waals surface area contributed by atoms with E-state index < -0.39 is 5.97 Å². The van der Waals surface area contributed by atoms with Gasteiger partial charge >= 0.3 is 5.97 Å². The highest BCUT2D eigenvalue weighted by molar-refractivity contribution is 5.78. The number of hydroxylamine groups is 1. The largest absolute Gasteiger partial charge is 0.341 e. The lowest BCUT2D eigenvalue weighted by atomic mass is 10.2. The minimum Gasteiger partial charge on any atom is -0.341 e. The van der Waals surface area contributed by atoms with Crippen molar-refractivity contribution in [1.29, 1.82) is 0 Å². The number of carbonyl (C=O) groups is 2. The van der Waals surface area contributed by atoms with Crippen LogP contribution >= 0.6 is 0 Å². The van der Waals surface area contributed by atoms with Gasteiger partial charge in [-0.3, -0.25) is 9.59 Å². The molecule has 0 aliphatic rings. The van der Waals surface area contributed by atoms with Crippen LogP contribution in [0.1, 0.15) is 20.8 Å². The Hall–Kier alpha value is -1.06. The smallest absolute Gasteiger partial charge is 0.329 e. The fraction of sp³-hybridized carbons (Fsp3) is 0.667. The Balaban J connectivity index is 3.50. The minimum atomic E-state index is -0.519. The molecule has 1 amide bonds. The minimum absolute atomic E-state index is 0.167. The topological polar surface area (TPSA) is 55.4 Å². The number of hydrogen-bond acceptors (Lipinski definition) is 3. The van der Waals surface area contributed by atoms with Gasteiger partial charge in [-0.1, -0.05) is 13.8 Å². The molecule has 0 radical (unpaired) electrons. The van der Waals surface area contributed by atoms with Gasteiger partial charge in [-0.25, -0.2) is 0 Å². The Bertz CT molecular complexity index is 142. The maximum atomic E-state index is 10.7. The highest BCUT2D eigenvalue weighted by atomic mass is 16.7. The average molecular weight is 145 g/mol. The maximum absolute atomic E-state index is 10.7. The van der Waals surface area contributed by atoms with Gasteiger partial charge in [-0.15, -0.1) is 0 Å². The molecule has 1 N–H and O–H groups in total. The van der Waals surface area contributed by atoms with Crippen LogP contribution in [0.25, 0.3) is 0 Å². The Labute approximate surface area is 59.5 Å². The van der Waals surface area contributed by atoms with E-state index in [4.69, 9.17) is 0 Å². The van der Waals surface area contributed by atoms with Gasteiger partial charge in [0.25, 0.3) is 5.91 Å². The van der Waals surface area contributed by atoms with Crippen LogP contribution in [0.3, 0.4) is 0 Å². The fourth-order valence-corrected chi connectivity index (χ4v) is 0.240. The molecule has 0 saturated carbocycles. The quantitative estimate of drug-likeness (QED) is 0.537. The van der Waals surface area contributed by atoms with Crippen LogP contribution in [-0.4, -0.2) is 11.9 Å². The van der Waals surface area contributed by atoms with Crippen molar-refractivity contribution >= 4 is 11.9 Å². The zero-order valence-electron chi connectivity index (χ0n) is 6.30. The summed E-state index contributed by atoms with van der Waals surface area (Å²) in [7, 11) is 0. The molecule has 0 aliphatic heterocycles. The molecule has 0 rings (SSSR count). The summed E-state index contributed by atoms with van der Waals surface area (Å²) in [5.41, 5.74) is 1.99. The first-order valence-electron chi connectivity index (χ1n) is 3.01. The highest BCUT2D eigenvalue weighted by Gasteiger charge is 2.06. The summed E-state index contributed by atoms with van der Waals surface area (Å²) in [4.78, 5) is 25.0. The summed E-state index contributed by atoms with van der Waals surface area (Å²) in [6, 6.07) is 0. The molecule has 0 aromatic carbocycles. The highest BCUT2D eigenvalue weighted by Crippen LogP contribution is 1.89. The molecule has 58 valence electrons. The Morgan fingerprint density at radius 3 is 2.20 bits per heavy atom. The van der Waals surface area contributed by atoms with Crippen molar-refractivity contribution in [2.75, 3.05) is 0 Å². The van der Waals surface area contributed by atoms with E-state index in [0.717, 1.165) is 0 Å². The van der Waals surface area contributed by atoms with Crippen LogP contribution in [0, 0.1) is 5.92 Å². The summed E-state index contributed by atoms with van der Waals surface area (Å²) in [5.74, 6) is -0.983. The standard InChI is InChI=1S/C6H11NO3/c1-4(2)6(9)7-10-5(3)8/h4H,1-3H3,(H,7,9). The molecule has 10 heavy (non-hydrogen) atoms. The molecule has 0 fully saturated rings. The Kier molecular flexibility index (Phi) is 3.46. The fourth-order valence-electron chi connectivity index (χ4n) is 0.240. The Morgan fingerprint density at radius 1 is 1.40 bits per heavy atom. The van der Waals surface area contributed by atoms with Gasteiger partial charge < -0.3 is 4.84 Å². The predicted molar refractivity (Wildman–Crippen MR) is 34.7 cm³/mol. The lowest BCUT2D eigenvalue weighted by Gasteiger charge is -2.04. The third-order valence-electron chi connectivity index (χ3n) is 0.820. The molecule has 0 bridgehead atoms. The van der Waals surface area contributed by atoms with Crippen molar-refractivity contribution in [3.05, 3.63) is 0 Å². The van der Waals surface area contributed by atoms with Gasteiger partial charge in [0.2, 0.25) is 0 Å². The zero-order chi connectivity index (χ0) is 8.15. The molecular formula is C6H11NO3. The van der Waals surface area contributed by atoms with Gasteiger partial charge in [-0.2, -0.15) is 5.48 Å². The molecule has 0 aromatic rings. The average Bonchev–Trinajstić information content (AvgIpc) is 1.82. The molecule has 0 heterocycles. The first-order chi connectivity index (χ1) is 4.54. The number of amides is 1. The van der Waals surface area contributed by atoms with Crippen molar-refractivity contribution < 1.29 is 14.4 Å². The third kappa shape index (κ3) is 3.88. The number of carbonyl (C=O) groups excluding carboxylic acids is 2. The van der Waals surface area contributed by atoms with Crippen LogP contribution in [0.2, 0.25) is 0 Å². The SMILES string of the molecule is CC(=O)ONC(=O)C(C)C. The summed E-state index contributed by atoms with van der Waals surface area (Å²) in [6.07, 6.45) is 0. The predicted octanol–water partition coefficient (Wildman–Crippen LogP) is 0.237. The van der Waals surface area contributed by atoms with Crippen LogP contribution in [0.5, 0.6) is 0 Å². The lowest BCUT2D eigenvalue weighted by molar-refractivity contribution is -0.157. The summed E-state index contributed by atoms with van der Waals surface area (Å²) in [5, 5.41) is 0. The lowest BCUT2D eigenvalue weighted by Crippen LogP contribution is -2.29. The third-order valence-corrected chi connectivity index (χ3v) is 0.820. The second kappa shape index (κ2) is 3.87. The second-order valence-electron chi connectivity index (χ2n) is 2.21. The van der Waals surface area contributed by atoms with Crippen molar-refractivity contribution in [3.63, 3.8) is 0 Å². The molecule has 0 saturated heterocycles. The number of rotatable bonds is 1. The van der Waals surface area contributed by atoms with Gasteiger partial charge in [0.1, 0.15) is 0 Å². The Morgan fingerprint density at radius 2 is 1.90 bits per heavy atom. The summed E-state index contributed by atoms with van der Waals surface area (Å²) in [6.45, 7) is 4.64. The van der Waals surface area contributed by atoms with E-state index in [9.17, 15) is 9.59 Å². The molecule has 0 aliphatic carbocycles. The van der Waals surface area contributed by atoms with Crippen molar-refractivity contribution in [2.45, 2.75) is 20.8 Å². The van der Waals surface area contributed by atoms with E-state index in [1.807, 2.05) is 5.48 Å². The first kappa shape index (κ1) is 8.94.